The zero-order valence-corrected chi connectivity index (χ0v) is 15.0. The number of hydrogen-bond donors (Lipinski definition) is 2. The van der Waals surface area contributed by atoms with E-state index in [-0.39, 0.29) is 23.0 Å². The number of amides is 1. The number of nitrogens with zero attached hydrogens (tertiary/aromatic N) is 4. The van der Waals surface area contributed by atoms with E-state index in [0.717, 1.165) is 23.9 Å². The SMILES string of the molecule is C[C@@H](NC(=O)CSc1nnnn1-c1ccc(O)cc1)c1ccc(F)cc1F. The van der Waals surface area contributed by atoms with Crippen molar-refractivity contribution >= 4 is 17.7 Å². The molecule has 1 aromatic heterocycles. The first-order chi connectivity index (χ1) is 12.9. The van der Waals surface area contributed by atoms with Crippen LogP contribution in [0.15, 0.2) is 47.6 Å². The molecule has 0 saturated carbocycles. The van der Waals surface area contributed by atoms with Gasteiger partial charge in [0.1, 0.15) is 17.4 Å². The van der Waals surface area contributed by atoms with E-state index in [4.69, 9.17) is 0 Å². The van der Waals surface area contributed by atoms with Gasteiger partial charge >= 0.3 is 0 Å². The van der Waals surface area contributed by atoms with Crippen molar-refractivity contribution in [1.82, 2.24) is 25.5 Å². The molecular formula is C17H15F2N5O2S. The lowest BCUT2D eigenvalue weighted by Gasteiger charge is -2.15. The van der Waals surface area contributed by atoms with Crippen molar-refractivity contribution in [2.45, 2.75) is 18.1 Å². The van der Waals surface area contributed by atoms with Gasteiger partial charge in [0.2, 0.25) is 11.1 Å². The van der Waals surface area contributed by atoms with Crippen LogP contribution in [-0.4, -0.2) is 37.0 Å². The second kappa shape index (κ2) is 8.12. The number of thioether (sulfide) groups is 1. The fraction of sp³-hybridized carbons (Fsp3) is 0.176. The first kappa shape index (κ1) is 18.8. The maximum atomic E-state index is 13.8. The highest BCUT2D eigenvalue weighted by Gasteiger charge is 2.16. The van der Waals surface area contributed by atoms with E-state index in [1.807, 2.05) is 0 Å². The Morgan fingerprint density at radius 2 is 2.00 bits per heavy atom. The quantitative estimate of drug-likeness (QED) is 0.628. The average Bonchev–Trinajstić information content (AvgIpc) is 3.09. The Balaban J connectivity index is 1.61. The van der Waals surface area contributed by atoms with E-state index in [2.05, 4.69) is 20.8 Å². The Hall–Kier alpha value is -3.01. The molecule has 2 aromatic carbocycles. The minimum absolute atomic E-state index is 0.00557. The summed E-state index contributed by atoms with van der Waals surface area (Å²) in [4.78, 5) is 12.2. The predicted octanol–water partition coefficient (Wildman–Crippen LogP) is 2.62. The van der Waals surface area contributed by atoms with Crippen LogP contribution in [0, 0.1) is 11.6 Å². The highest BCUT2D eigenvalue weighted by Crippen LogP contribution is 2.21. The third kappa shape index (κ3) is 4.59. The van der Waals surface area contributed by atoms with Crippen LogP contribution in [0.3, 0.4) is 0 Å². The first-order valence-corrected chi connectivity index (χ1v) is 8.87. The molecule has 27 heavy (non-hydrogen) atoms. The summed E-state index contributed by atoms with van der Waals surface area (Å²) in [6.07, 6.45) is 0. The van der Waals surface area contributed by atoms with Gasteiger partial charge in [-0.05, 0) is 47.7 Å². The number of hydrogen-bond acceptors (Lipinski definition) is 6. The number of phenolic OH excluding ortho intramolecular Hbond substituents is 1. The van der Waals surface area contributed by atoms with Crippen molar-refractivity contribution < 1.29 is 18.7 Å². The number of tetrazole rings is 1. The van der Waals surface area contributed by atoms with Crippen LogP contribution in [0.25, 0.3) is 5.69 Å². The molecule has 10 heteroatoms. The molecule has 0 aliphatic heterocycles. The van der Waals surface area contributed by atoms with Gasteiger partial charge in [-0.3, -0.25) is 4.79 Å². The van der Waals surface area contributed by atoms with Gasteiger partial charge in [0.15, 0.2) is 0 Å². The summed E-state index contributed by atoms with van der Waals surface area (Å²) < 4.78 is 28.2. The topological polar surface area (TPSA) is 92.9 Å². The van der Waals surface area contributed by atoms with Gasteiger partial charge in [-0.2, -0.15) is 4.68 Å². The number of benzene rings is 2. The van der Waals surface area contributed by atoms with Crippen molar-refractivity contribution in [3.05, 3.63) is 59.7 Å². The standard InChI is InChI=1S/C17H15F2N5O2S/c1-10(14-7-2-11(18)8-15(14)19)20-16(26)9-27-17-21-22-23-24(17)12-3-5-13(25)6-4-12/h2-8,10,25H,9H2,1H3,(H,20,26)/t10-/m1/s1. The second-order valence-electron chi connectivity index (χ2n) is 5.63. The number of aromatic nitrogens is 4. The monoisotopic (exact) mass is 391 g/mol. The molecule has 1 atom stereocenters. The Kier molecular flexibility index (Phi) is 5.65. The Morgan fingerprint density at radius 3 is 2.70 bits per heavy atom. The number of phenols is 1. The van der Waals surface area contributed by atoms with E-state index in [0.29, 0.717) is 10.8 Å². The summed E-state index contributed by atoms with van der Waals surface area (Å²) in [5.74, 6) is -1.62. The number of aromatic hydroxyl groups is 1. The van der Waals surface area contributed by atoms with Crippen LogP contribution in [0.4, 0.5) is 8.78 Å². The molecular weight excluding hydrogens is 376 g/mol. The first-order valence-electron chi connectivity index (χ1n) is 7.89. The molecule has 7 nitrogen and oxygen atoms in total. The summed E-state index contributed by atoms with van der Waals surface area (Å²) in [5, 5.41) is 23.7. The molecule has 3 aromatic rings. The van der Waals surface area contributed by atoms with Gasteiger partial charge in [-0.25, -0.2) is 8.78 Å². The molecule has 0 aliphatic carbocycles. The van der Waals surface area contributed by atoms with Crippen LogP contribution in [0.1, 0.15) is 18.5 Å². The molecule has 3 rings (SSSR count). The number of rotatable bonds is 6. The van der Waals surface area contributed by atoms with Gasteiger partial charge in [-0.15, -0.1) is 5.10 Å². The molecule has 0 unspecified atom stereocenters. The molecule has 2 N–H and O–H groups in total. The fourth-order valence-electron chi connectivity index (χ4n) is 2.37. The summed E-state index contributed by atoms with van der Waals surface area (Å²) in [6, 6.07) is 8.86. The molecule has 140 valence electrons. The molecule has 0 saturated heterocycles. The lowest BCUT2D eigenvalue weighted by atomic mass is 10.1. The van der Waals surface area contributed by atoms with Crippen molar-refractivity contribution in [1.29, 1.82) is 0 Å². The highest BCUT2D eigenvalue weighted by molar-refractivity contribution is 7.99. The van der Waals surface area contributed by atoms with E-state index >= 15 is 0 Å². The van der Waals surface area contributed by atoms with Crippen LogP contribution in [-0.2, 0) is 4.79 Å². The van der Waals surface area contributed by atoms with E-state index in [9.17, 15) is 18.7 Å². The van der Waals surface area contributed by atoms with Gasteiger partial charge in [-0.1, -0.05) is 17.8 Å². The van der Waals surface area contributed by atoms with E-state index in [1.54, 1.807) is 19.1 Å². The van der Waals surface area contributed by atoms with Crippen molar-refractivity contribution in [2.24, 2.45) is 0 Å². The minimum atomic E-state index is -0.716. The molecule has 0 radical (unpaired) electrons. The number of carbonyl (C=O) groups excluding carboxylic acids is 1. The molecule has 0 spiro atoms. The van der Waals surface area contributed by atoms with Gasteiger partial charge in [0.25, 0.3) is 0 Å². The summed E-state index contributed by atoms with van der Waals surface area (Å²) >= 11 is 1.10. The van der Waals surface area contributed by atoms with Gasteiger partial charge in [0.05, 0.1) is 17.5 Å². The van der Waals surface area contributed by atoms with Gasteiger partial charge in [0, 0.05) is 11.6 Å². The van der Waals surface area contributed by atoms with Crippen LogP contribution >= 0.6 is 11.8 Å². The lowest BCUT2D eigenvalue weighted by molar-refractivity contribution is -0.119. The maximum absolute atomic E-state index is 13.8. The maximum Gasteiger partial charge on any atom is 0.230 e. The molecule has 1 heterocycles. The third-order valence-electron chi connectivity index (χ3n) is 3.67. The minimum Gasteiger partial charge on any atom is -0.508 e. The second-order valence-corrected chi connectivity index (χ2v) is 6.58. The number of carbonyl (C=O) groups is 1. The Morgan fingerprint density at radius 1 is 1.26 bits per heavy atom. The largest absolute Gasteiger partial charge is 0.508 e. The molecule has 0 fully saturated rings. The third-order valence-corrected chi connectivity index (χ3v) is 4.59. The molecule has 1 amide bonds. The predicted molar refractivity (Wildman–Crippen MR) is 94.5 cm³/mol. The molecule has 0 aliphatic rings. The summed E-state index contributed by atoms with van der Waals surface area (Å²) in [5.41, 5.74) is 0.825. The van der Waals surface area contributed by atoms with Crippen molar-refractivity contribution in [3.63, 3.8) is 0 Å². The van der Waals surface area contributed by atoms with E-state index in [1.165, 1.54) is 22.9 Å². The number of halogens is 2. The van der Waals surface area contributed by atoms with Crippen molar-refractivity contribution in [3.8, 4) is 11.4 Å². The van der Waals surface area contributed by atoms with Crippen LogP contribution in [0.5, 0.6) is 5.75 Å². The zero-order valence-electron chi connectivity index (χ0n) is 14.1. The Bertz CT molecular complexity index is 949. The molecule has 0 bridgehead atoms. The van der Waals surface area contributed by atoms with Crippen LogP contribution in [0.2, 0.25) is 0 Å². The fourth-order valence-corrected chi connectivity index (χ4v) is 3.07. The Labute approximate surface area is 157 Å². The summed E-state index contributed by atoms with van der Waals surface area (Å²) in [6.45, 7) is 1.61. The van der Waals surface area contributed by atoms with Crippen molar-refractivity contribution in [2.75, 3.05) is 5.75 Å². The lowest BCUT2D eigenvalue weighted by Crippen LogP contribution is -2.28. The smallest absolute Gasteiger partial charge is 0.230 e. The normalized spacial score (nSPS) is 12.0. The number of nitrogens with one attached hydrogen (secondary N) is 1. The summed E-state index contributed by atoms with van der Waals surface area (Å²) in [7, 11) is 0. The van der Waals surface area contributed by atoms with Gasteiger partial charge < -0.3 is 10.4 Å². The van der Waals surface area contributed by atoms with E-state index < -0.39 is 17.7 Å². The van der Waals surface area contributed by atoms with Crippen LogP contribution < -0.4 is 5.32 Å². The zero-order chi connectivity index (χ0) is 19.4. The average molecular weight is 391 g/mol. The highest BCUT2D eigenvalue weighted by atomic mass is 32.2.